The van der Waals surface area contributed by atoms with Crippen LogP contribution in [0.15, 0.2) is 59.5 Å². The summed E-state index contributed by atoms with van der Waals surface area (Å²) in [7, 11) is -1.89. The summed E-state index contributed by atoms with van der Waals surface area (Å²) < 4.78 is 28.1. The first-order valence-electron chi connectivity index (χ1n) is 10.1. The maximum Gasteiger partial charge on any atom is 0.241 e. The van der Waals surface area contributed by atoms with E-state index in [1.54, 1.807) is 11.8 Å². The van der Waals surface area contributed by atoms with E-state index >= 15 is 0 Å². The van der Waals surface area contributed by atoms with Crippen LogP contribution in [0.2, 0.25) is 0 Å². The summed E-state index contributed by atoms with van der Waals surface area (Å²) in [5.41, 5.74) is 1.52. The topological polar surface area (TPSA) is 98.8 Å². The molecule has 2 amide bonds. The van der Waals surface area contributed by atoms with Crippen molar-refractivity contribution in [1.29, 1.82) is 0 Å². The summed E-state index contributed by atoms with van der Waals surface area (Å²) >= 11 is 0. The number of benzene rings is 2. The van der Waals surface area contributed by atoms with Gasteiger partial charge in [0.2, 0.25) is 21.8 Å². The van der Waals surface area contributed by atoms with Gasteiger partial charge in [0, 0.05) is 32.2 Å². The molecule has 2 aromatic carbocycles. The molecule has 1 aliphatic heterocycles. The summed E-state index contributed by atoms with van der Waals surface area (Å²) in [6, 6.07) is 14.5. The molecule has 3 rings (SSSR count). The molecule has 1 fully saturated rings. The minimum atomic E-state index is -3.90. The summed E-state index contributed by atoms with van der Waals surface area (Å²) in [6.45, 7) is 4.86. The zero-order valence-electron chi connectivity index (χ0n) is 17.9. The average Bonchev–Trinajstić information content (AvgIpc) is 2.73. The number of hydrogen-bond acceptors (Lipinski definition) is 5. The van der Waals surface area contributed by atoms with Crippen LogP contribution in [0, 0.1) is 0 Å². The number of amides is 2. The molecule has 31 heavy (non-hydrogen) atoms. The summed E-state index contributed by atoms with van der Waals surface area (Å²) in [6.07, 6.45) is 0. The van der Waals surface area contributed by atoms with Crippen LogP contribution >= 0.6 is 0 Å². The van der Waals surface area contributed by atoms with E-state index in [2.05, 4.69) is 14.9 Å². The van der Waals surface area contributed by atoms with E-state index < -0.39 is 16.1 Å². The van der Waals surface area contributed by atoms with Gasteiger partial charge in [-0.2, -0.15) is 4.72 Å². The highest BCUT2D eigenvalue weighted by atomic mass is 32.2. The minimum Gasteiger partial charge on any atom is -0.332 e. The number of carbonyl (C=O) groups excluding carboxylic acids is 2. The Bertz CT molecular complexity index is 1030. The first-order valence-corrected chi connectivity index (χ1v) is 11.6. The monoisotopic (exact) mass is 444 g/mol. The van der Waals surface area contributed by atoms with Crippen molar-refractivity contribution in [3.63, 3.8) is 0 Å². The summed E-state index contributed by atoms with van der Waals surface area (Å²) in [5.74, 6) is -0.506. The van der Waals surface area contributed by atoms with E-state index in [4.69, 9.17) is 0 Å². The third kappa shape index (κ3) is 5.69. The van der Waals surface area contributed by atoms with Gasteiger partial charge >= 0.3 is 0 Å². The third-order valence-corrected chi connectivity index (χ3v) is 6.79. The van der Waals surface area contributed by atoms with Crippen LogP contribution in [-0.4, -0.2) is 62.8 Å². The summed E-state index contributed by atoms with van der Waals surface area (Å²) in [5, 5.41) is 2.59. The second-order valence-corrected chi connectivity index (χ2v) is 9.48. The van der Waals surface area contributed by atoms with Crippen molar-refractivity contribution < 1.29 is 18.0 Å². The maximum absolute atomic E-state index is 13.2. The van der Waals surface area contributed by atoms with Crippen molar-refractivity contribution in [2.24, 2.45) is 0 Å². The van der Waals surface area contributed by atoms with Gasteiger partial charge in [-0.25, -0.2) is 8.42 Å². The first-order chi connectivity index (χ1) is 14.7. The van der Waals surface area contributed by atoms with Crippen LogP contribution in [0.3, 0.4) is 0 Å². The highest BCUT2D eigenvalue weighted by Crippen LogP contribution is 2.26. The minimum absolute atomic E-state index is 0.0271. The second-order valence-electron chi connectivity index (χ2n) is 7.77. The highest BCUT2D eigenvalue weighted by Gasteiger charge is 2.34. The Morgan fingerprint density at radius 3 is 2.29 bits per heavy atom. The fraction of sp³-hybridized carbons (Fsp3) is 0.364. The van der Waals surface area contributed by atoms with E-state index in [1.807, 2.05) is 37.4 Å². The zero-order chi connectivity index (χ0) is 22.6. The van der Waals surface area contributed by atoms with Gasteiger partial charge in [0.25, 0.3) is 0 Å². The van der Waals surface area contributed by atoms with Gasteiger partial charge in [0.15, 0.2) is 0 Å². The Morgan fingerprint density at radius 1 is 1.03 bits per heavy atom. The van der Waals surface area contributed by atoms with Crippen molar-refractivity contribution in [3.8, 4) is 0 Å². The number of likely N-dealkylation sites (N-methyl/N-ethyl adjacent to an activating group) is 1. The van der Waals surface area contributed by atoms with Crippen LogP contribution in [0.4, 0.5) is 5.69 Å². The lowest BCUT2D eigenvalue weighted by Gasteiger charge is -2.41. The molecule has 2 N–H and O–H groups in total. The number of carbonyl (C=O) groups is 2. The molecule has 0 aromatic heterocycles. The molecule has 166 valence electrons. The molecule has 1 heterocycles. The molecule has 0 radical (unpaired) electrons. The van der Waals surface area contributed by atoms with Gasteiger partial charge in [-0.3, -0.25) is 9.59 Å². The molecular weight excluding hydrogens is 416 g/mol. The number of sulfonamides is 1. The SMILES string of the molecule is CC(=O)Nc1ccc(S(=O)(=O)N[C@@H](C)C(=O)N2CCN(C)CC2c2ccccc2)cc1. The van der Waals surface area contributed by atoms with Crippen molar-refractivity contribution >= 4 is 27.5 Å². The number of nitrogens with one attached hydrogen (secondary N) is 2. The molecule has 2 atom stereocenters. The van der Waals surface area contributed by atoms with E-state index in [9.17, 15) is 18.0 Å². The van der Waals surface area contributed by atoms with E-state index in [1.165, 1.54) is 31.2 Å². The zero-order valence-corrected chi connectivity index (χ0v) is 18.7. The number of anilines is 1. The molecule has 1 unspecified atom stereocenters. The standard InChI is InChI=1S/C22H28N4O4S/c1-16(24-31(29,30)20-11-9-19(10-12-20)23-17(2)27)22(28)26-14-13-25(3)15-21(26)18-7-5-4-6-8-18/h4-12,16,21,24H,13-15H2,1-3H3,(H,23,27)/t16-,21?/m0/s1. The van der Waals surface area contributed by atoms with Gasteiger partial charge < -0.3 is 15.1 Å². The molecule has 0 spiro atoms. The maximum atomic E-state index is 13.2. The third-order valence-electron chi connectivity index (χ3n) is 5.24. The largest absolute Gasteiger partial charge is 0.332 e. The molecule has 0 saturated carbocycles. The van der Waals surface area contributed by atoms with Crippen LogP contribution in [0.5, 0.6) is 0 Å². The van der Waals surface area contributed by atoms with E-state index in [0.717, 1.165) is 12.1 Å². The van der Waals surface area contributed by atoms with E-state index in [-0.39, 0.29) is 22.8 Å². The van der Waals surface area contributed by atoms with Gasteiger partial charge in [-0.05, 0) is 43.8 Å². The number of nitrogens with zero attached hydrogens (tertiary/aromatic N) is 2. The van der Waals surface area contributed by atoms with Crippen LogP contribution in [0.25, 0.3) is 0 Å². The van der Waals surface area contributed by atoms with Crippen molar-refractivity contribution in [2.75, 3.05) is 32.0 Å². The normalized spacial score (nSPS) is 18.4. The second kappa shape index (κ2) is 9.59. The van der Waals surface area contributed by atoms with E-state index in [0.29, 0.717) is 18.8 Å². The number of rotatable bonds is 6. The van der Waals surface area contributed by atoms with Gasteiger partial charge in [0.1, 0.15) is 0 Å². The lowest BCUT2D eigenvalue weighted by Crippen LogP contribution is -2.54. The predicted molar refractivity (Wildman–Crippen MR) is 119 cm³/mol. The summed E-state index contributed by atoms with van der Waals surface area (Å²) in [4.78, 5) is 28.3. The lowest BCUT2D eigenvalue weighted by atomic mass is 10.0. The Morgan fingerprint density at radius 2 is 1.68 bits per heavy atom. The smallest absolute Gasteiger partial charge is 0.241 e. The average molecular weight is 445 g/mol. The van der Waals surface area contributed by atoms with Gasteiger partial charge in [0.05, 0.1) is 17.0 Å². The molecule has 2 aromatic rings. The molecule has 0 bridgehead atoms. The van der Waals surface area contributed by atoms with Gasteiger partial charge in [-0.15, -0.1) is 0 Å². The Hall–Kier alpha value is -2.75. The van der Waals surface area contributed by atoms with Gasteiger partial charge in [-0.1, -0.05) is 30.3 Å². The van der Waals surface area contributed by atoms with Crippen LogP contribution in [-0.2, 0) is 19.6 Å². The highest BCUT2D eigenvalue weighted by molar-refractivity contribution is 7.89. The molecule has 8 nitrogen and oxygen atoms in total. The number of hydrogen-bond donors (Lipinski definition) is 2. The lowest BCUT2D eigenvalue weighted by molar-refractivity contribution is -0.137. The predicted octanol–water partition coefficient (Wildman–Crippen LogP) is 1.83. The Balaban J connectivity index is 1.74. The molecule has 9 heteroatoms. The fourth-order valence-corrected chi connectivity index (χ4v) is 4.86. The van der Waals surface area contributed by atoms with Crippen LogP contribution in [0.1, 0.15) is 25.5 Å². The fourth-order valence-electron chi connectivity index (χ4n) is 3.66. The molecular formula is C22H28N4O4S. The van der Waals surface area contributed by atoms with Crippen molar-refractivity contribution in [3.05, 3.63) is 60.2 Å². The molecule has 1 saturated heterocycles. The first kappa shape index (κ1) is 22.9. The van der Waals surface area contributed by atoms with Crippen molar-refractivity contribution in [2.45, 2.75) is 30.8 Å². The molecule has 1 aliphatic rings. The van der Waals surface area contributed by atoms with Crippen molar-refractivity contribution in [1.82, 2.24) is 14.5 Å². The number of piperazine rings is 1. The van der Waals surface area contributed by atoms with Crippen LogP contribution < -0.4 is 10.0 Å². The molecule has 0 aliphatic carbocycles. The Labute approximate surface area is 183 Å². The Kier molecular flexibility index (Phi) is 7.09. The quantitative estimate of drug-likeness (QED) is 0.708.